The second kappa shape index (κ2) is 10.4. The van der Waals surface area contributed by atoms with Crippen molar-refractivity contribution >= 4 is 21.8 Å². The maximum absolute atomic E-state index is 12.8. The van der Waals surface area contributed by atoms with E-state index in [4.69, 9.17) is 4.74 Å². The van der Waals surface area contributed by atoms with Crippen LogP contribution in [0.1, 0.15) is 13.8 Å². The van der Waals surface area contributed by atoms with Crippen molar-refractivity contribution in [2.45, 2.75) is 18.7 Å². The minimum atomic E-state index is -3.58. The number of rotatable bonds is 9. The van der Waals surface area contributed by atoms with Gasteiger partial charge >= 0.3 is 0 Å². The molecule has 1 aliphatic heterocycles. The summed E-state index contributed by atoms with van der Waals surface area (Å²) in [5.74, 6) is 0.140. The molecule has 1 aromatic carbocycles. The van der Waals surface area contributed by atoms with E-state index in [0.717, 1.165) is 0 Å². The van der Waals surface area contributed by atoms with Crippen LogP contribution >= 0.6 is 0 Å². The topological polar surface area (TPSA) is 108 Å². The Hall–Kier alpha value is -2.17. The second-order valence-corrected chi connectivity index (χ2v) is 8.25. The molecule has 1 aliphatic rings. The number of sulfonamides is 1. The number of piperazine rings is 1. The van der Waals surface area contributed by atoms with Gasteiger partial charge in [-0.05, 0) is 38.1 Å². The van der Waals surface area contributed by atoms with Crippen LogP contribution in [-0.4, -0.2) is 81.9 Å². The molecule has 1 aromatic rings. The fourth-order valence-electron chi connectivity index (χ4n) is 2.85. The minimum Gasteiger partial charge on any atom is -0.494 e. The summed E-state index contributed by atoms with van der Waals surface area (Å²) in [5, 5.41) is 5.17. The monoisotopic (exact) mass is 412 g/mol. The third-order valence-electron chi connectivity index (χ3n) is 4.29. The zero-order valence-electron chi connectivity index (χ0n) is 16.3. The number of nitrogens with one attached hydrogen (secondary N) is 2. The van der Waals surface area contributed by atoms with Gasteiger partial charge < -0.3 is 15.4 Å². The lowest BCUT2D eigenvalue weighted by molar-refractivity contribution is -0.126. The molecule has 0 atom stereocenters. The van der Waals surface area contributed by atoms with Gasteiger partial charge in [0.05, 0.1) is 24.6 Å². The van der Waals surface area contributed by atoms with Crippen molar-refractivity contribution in [3.05, 3.63) is 24.3 Å². The molecule has 0 unspecified atom stereocenters. The van der Waals surface area contributed by atoms with Gasteiger partial charge in [0.2, 0.25) is 21.8 Å². The summed E-state index contributed by atoms with van der Waals surface area (Å²) in [4.78, 5) is 25.4. The first-order chi connectivity index (χ1) is 13.4. The van der Waals surface area contributed by atoms with Crippen molar-refractivity contribution in [1.82, 2.24) is 19.8 Å². The average molecular weight is 413 g/mol. The van der Waals surface area contributed by atoms with E-state index in [0.29, 0.717) is 45.1 Å². The fraction of sp³-hybridized carbons (Fsp3) is 0.556. The zero-order chi connectivity index (χ0) is 20.6. The summed E-state index contributed by atoms with van der Waals surface area (Å²) in [6.45, 7) is 6.29. The maximum Gasteiger partial charge on any atom is 0.243 e. The average Bonchev–Trinajstić information content (AvgIpc) is 2.68. The van der Waals surface area contributed by atoms with Crippen LogP contribution in [-0.2, 0) is 19.6 Å². The van der Waals surface area contributed by atoms with Crippen molar-refractivity contribution in [3.63, 3.8) is 0 Å². The third-order valence-corrected chi connectivity index (χ3v) is 6.20. The van der Waals surface area contributed by atoms with Gasteiger partial charge in [-0.1, -0.05) is 0 Å². The molecule has 0 radical (unpaired) electrons. The Balaban J connectivity index is 1.83. The molecule has 1 saturated heterocycles. The van der Waals surface area contributed by atoms with Crippen LogP contribution in [0, 0.1) is 0 Å². The normalized spacial score (nSPS) is 15.8. The molecule has 28 heavy (non-hydrogen) atoms. The lowest BCUT2D eigenvalue weighted by Gasteiger charge is -2.33. The fourth-order valence-corrected chi connectivity index (χ4v) is 4.27. The number of carbonyl (C=O) groups is 2. The highest BCUT2D eigenvalue weighted by atomic mass is 32.2. The summed E-state index contributed by atoms with van der Waals surface area (Å²) in [6.07, 6.45) is 0. The predicted octanol–water partition coefficient (Wildman–Crippen LogP) is -0.356. The summed E-state index contributed by atoms with van der Waals surface area (Å²) < 4.78 is 32.3. The highest BCUT2D eigenvalue weighted by Crippen LogP contribution is 2.20. The minimum absolute atomic E-state index is 0.0568. The molecule has 10 heteroatoms. The van der Waals surface area contributed by atoms with Gasteiger partial charge in [0.1, 0.15) is 5.75 Å². The summed E-state index contributed by atoms with van der Waals surface area (Å²) in [5.41, 5.74) is 0. The van der Waals surface area contributed by atoms with Gasteiger partial charge in [0.25, 0.3) is 0 Å². The summed E-state index contributed by atoms with van der Waals surface area (Å²) in [7, 11) is -3.58. The van der Waals surface area contributed by atoms with Gasteiger partial charge in [-0.3, -0.25) is 14.5 Å². The molecule has 2 N–H and O–H groups in total. The molecule has 0 aromatic heterocycles. The van der Waals surface area contributed by atoms with E-state index in [-0.39, 0.29) is 29.8 Å². The zero-order valence-corrected chi connectivity index (χ0v) is 17.1. The quantitative estimate of drug-likeness (QED) is 0.574. The molecular weight excluding hydrogens is 384 g/mol. The van der Waals surface area contributed by atoms with Crippen molar-refractivity contribution < 1.29 is 22.7 Å². The number of hydrogen-bond donors (Lipinski definition) is 2. The lowest BCUT2D eigenvalue weighted by Crippen LogP contribution is -2.51. The lowest BCUT2D eigenvalue weighted by atomic mass is 10.3. The van der Waals surface area contributed by atoms with Crippen LogP contribution < -0.4 is 15.4 Å². The van der Waals surface area contributed by atoms with Crippen LogP contribution in [0.4, 0.5) is 0 Å². The van der Waals surface area contributed by atoms with Crippen LogP contribution in [0.15, 0.2) is 29.2 Å². The van der Waals surface area contributed by atoms with E-state index in [1.54, 1.807) is 31.2 Å². The van der Waals surface area contributed by atoms with E-state index < -0.39 is 10.0 Å². The highest BCUT2D eigenvalue weighted by molar-refractivity contribution is 7.89. The Morgan fingerprint density at radius 3 is 2.21 bits per heavy atom. The number of benzene rings is 1. The molecule has 156 valence electrons. The molecule has 0 bridgehead atoms. The Morgan fingerprint density at radius 2 is 1.64 bits per heavy atom. The molecule has 0 aliphatic carbocycles. The molecule has 1 fully saturated rings. The smallest absolute Gasteiger partial charge is 0.243 e. The van der Waals surface area contributed by atoms with Crippen LogP contribution in [0.5, 0.6) is 5.75 Å². The van der Waals surface area contributed by atoms with Crippen LogP contribution in [0.2, 0.25) is 0 Å². The molecule has 0 spiro atoms. The van der Waals surface area contributed by atoms with Gasteiger partial charge in [0, 0.05) is 32.7 Å². The van der Waals surface area contributed by atoms with Gasteiger partial charge in [-0.2, -0.15) is 4.31 Å². The third kappa shape index (κ3) is 6.18. The van der Waals surface area contributed by atoms with Gasteiger partial charge in [-0.15, -0.1) is 0 Å². The Kier molecular flexibility index (Phi) is 8.21. The Labute approximate surface area is 166 Å². The highest BCUT2D eigenvalue weighted by Gasteiger charge is 2.29. The molecule has 2 rings (SSSR count). The summed E-state index contributed by atoms with van der Waals surface area (Å²) >= 11 is 0. The van der Waals surface area contributed by atoms with Gasteiger partial charge in [-0.25, -0.2) is 8.42 Å². The Morgan fingerprint density at radius 1 is 1.00 bits per heavy atom. The number of hydrogen-bond acceptors (Lipinski definition) is 6. The number of carbonyl (C=O) groups excluding carboxylic acids is 2. The largest absolute Gasteiger partial charge is 0.494 e. The van der Waals surface area contributed by atoms with E-state index in [1.165, 1.54) is 4.31 Å². The Bertz CT molecular complexity index is 759. The molecule has 1 heterocycles. The van der Waals surface area contributed by atoms with Crippen LogP contribution in [0.25, 0.3) is 0 Å². The van der Waals surface area contributed by atoms with Crippen molar-refractivity contribution in [2.24, 2.45) is 0 Å². The van der Waals surface area contributed by atoms with Crippen LogP contribution in [0.3, 0.4) is 0 Å². The SMILES string of the molecule is CCNC(=O)CNC(=O)CN1CCN(S(=O)(=O)c2ccc(OCC)cc2)CC1. The first kappa shape index (κ1) is 22.1. The second-order valence-electron chi connectivity index (χ2n) is 6.31. The van der Waals surface area contributed by atoms with Gasteiger partial charge in [0.15, 0.2) is 0 Å². The molecule has 2 amide bonds. The number of nitrogens with zero attached hydrogens (tertiary/aromatic N) is 2. The first-order valence-electron chi connectivity index (χ1n) is 9.35. The maximum atomic E-state index is 12.8. The standard InChI is InChI=1S/C18H28N4O5S/c1-3-19-17(23)13-20-18(24)14-21-9-11-22(12-10-21)28(25,26)16-7-5-15(6-8-16)27-4-2/h5-8H,3-4,9-14H2,1-2H3,(H,19,23)(H,20,24). The van der Waals surface area contributed by atoms with E-state index in [9.17, 15) is 18.0 Å². The number of likely N-dealkylation sites (N-methyl/N-ethyl adjacent to an activating group) is 1. The number of ether oxygens (including phenoxy) is 1. The van der Waals surface area contributed by atoms with Crippen molar-refractivity contribution in [1.29, 1.82) is 0 Å². The van der Waals surface area contributed by atoms with E-state index in [2.05, 4.69) is 10.6 Å². The number of amides is 2. The molecule has 0 saturated carbocycles. The first-order valence-corrected chi connectivity index (χ1v) is 10.8. The summed E-state index contributed by atoms with van der Waals surface area (Å²) in [6, 6.07) is 6.38. The van der Waals surface area contributed by atoms with E-state index in [1.807, 2.05) is 11.8 Å². The predicted molar refractivity (Wildman–Crippen MR) is 105 cm³/mol. The van der Waals surface area contributed by atoms with Crippen molar-refractivity contribution in [3.8, 4) is 5.75 Å². The molecular formula is C18H28N4O5S. The van der Waals surface area contributed by atoms with E-state index >= 15 is 0 Å². The molecule has 9 nitrogen and oxygen atoms in total. The van der Waals surface area contributed by atoms with Crippen molar-refractivity contribution in [2.75, 3.05) is 52.4 Å².